The highest BCUT2D eigenvalue weighted by molar-refractivity contribution is 5.76. The van der Waals surface area contributed by atoms with Crippen molar-refractivity contribution in [3.05, 3.63) is 48.6 Å². The summed E-state index contributed by atoms with van der Waals surface area (Å²) in [5.74, 6) is -0.234. The Hall–Kier alpha value is -2.25. The zero-order chi connectivity index (χ0) is 78.1. The van der Waals surface area contributed by atoms with Crippen molar-refractivity contribution in [1.29, 1.82) is 0 Å². The van der Waals surface area contributed by atoms with Crippen molar-refractivity contribution >= 4 is 5.91 Å². The van der Waals surface area contributed by atoms with Gasteiger partial charge in [-0.2, -0.15) is 0 Å². The Labute approximate surface area is 656 Å². The largest absolute Gasteiger partial charge is 0.394 e. The number of hydrogen-bond acceptors (Lipinski definition) is 18. The van der Waals surface area contributed by atoms with Gasteiger partial charge in [-0.3, -0.25) is 4.79 Å². The highest BCUT2D eigenvalue weighted by atomic mass is 16.8. The summed E-state index contributed by atoms with van der Waals surface area (Å²) in [6.07, 6.45) is 62.3. The number of amides is 1. The van der Waals surface area contributed by atoms with Crippen LogP contribution in [0.15, 0.2) is 48.6 Å². The molecule has 0 spiro atoms. The van der Waals surface area contributed by atoms with Crippen molar-refractivity contribution < 1.29 is 89.4 Å². The number of rotatable bonds is 73. The van der Waals surface area contributed by atoms with Gasteiger partial charge in [0.25, 0.3) is 0 Å². The molecule has 0 aromatic rings. The summed E-state index contributed by atoms with van der Waals surface area (Å²) in [7, 11) is 0. The van der Waals surface area contributed by atoms with E-state index in [0.717, 1.165) is 70.6 Å². The zero-order valence-corrected chi connectivity index (χ0v) is 68.3. The first-order valence-corrected chi connectivity index (χ1v) is 44.9. The fourth-order valence-corrected chi connectivity index (χ4v) is 15.3. The van der Waals surface area contributed by atoms with Crippen molar-refractivity contribution in [3.8, 4) is 0 Å². The maximum Gasteiger partial charge on any atom is 0.220 e. The lowest BCUT2D eigenvalue weighted by atomic mass is 9.96. The maximum atomic E-state index is 13.5. The van der Waals surface area contributed by atoms with Crippen LogP contribution in [0.3, 0.4) is 0 Å². The molecular weight excluding hydrogens is 1370 g/mol. The van der Waals surface area contributed by atoms with E-state index in [9.17, 15) is 61.0 Å². The van der Waals surface area contributed by atoms with E-state index in [1.165, 1.54) is 276 Å². The summed E-state index contributed by atoms with van der Waals surface area (Å²) >= 11 is 0. The number of carbonyl (C=O) groups excluding carboxylic acids is 1. The highest BCUT2D eigenvalue weighted by Crippen LogP contribution is 2.34. The molecule has 19 nitrogen and oxygen atoms in total. The molecule has 1 amide bonds. The summed E-state index contributed by atoms with van der Waals surface area (Å²) < 4.78 is 34.6. The van der Waals surface area contributed by atoms with Crippen molar-refractivity contribution in [3.63, 3.8) is 0 Å². The van der Waals surface area contributed by atoms with Crippen LogP contribution in [0.25, 0.3) is 0 Å². The van der Waals surface area contributed by atoms with E-state index in [0.29, 0.717) is 12.8 Å². The Morgan fingerprint density at radius 3 is 1.00 bits per heavy atom. The SMILES string of the molecule is CC/C=C\C/C=C\C/C=C\C/C=C\CCCCCCCCCCCCCCCCCCCCCCCCCCCCCCC(=O)NC(COC1OC(CO)C(OC2OC(CO)C(OC3OC(CO)C(O)C(O)C3O)C(O)C2O)C(O)C1O)C(O)CCCCCCCCCCCCCCCCCCCCCCCC. The molecule has 3 rings (SSSR count). The lowest BCUT2D eigenvalue weighted by Crippen LogP contribution is -2.66. The number of carbonyl (C=O) groups is 1. The first-order chi connectivity index (χ1) is 52.8. The Morgan fingerprint density at radius 1 is 0.343 bits per heavy atom. The minimum absolute atomic E-state index is 0.234. The van der Waals surface area contributed by atoms with E-state index >= 15 is 0 Å². The van der Waals surface area contributed by atoms with Crippen LogP contribution in [-0.4, -0.2) is 193 Å². The number of hydrogen-bond donors (Lipinski definition) is 12. The van der Waals surface area contributed by atoms with Gasteiger partial charge in [0.05, 0.1) is 38.6 Å². The molecule has 12 N–H and O–H groups in total. The predicted octanol–water partition coefficient (Wildman–Crippen LogP) is 16.8. The zero-order valence-electron chi connectivity index (χ0n) is 68.3. The lowest BCUT2D eigenvalue weighted by molar-refractivity contribution is -0.379. The number of aliphatic hydroxyl groups is 11. The van der Waals surface area contributed by atoms with E-state index in [2.05, 4.69) is 67.8 Å². The van der Waals surface area contributed by atoms with E-state index in [4.69, 9.17) is 28.4 Å². The fourth-order valence-electron chi connectivity index (χ4n) is 15.3. The monoisotopic (exact) mass is 1540 g/mol. The van der Waals surface area contributed by atoms with Gasteiger partial charge < -0.3 is 89.9 Å². The van der Waals surface area contributed by atoms with E-state index in [-0.39, 0.29) is 18.9 Å². The fraction of sp³-hybridized carbons (Fsp3) is 0.899. The molecule has 17 unspecified atom stereocenters. The number of nitrogens with one attached hydrogen (secondary N) is 1. The molecule has 634 valence electrons. The van der Waals surface area contributed by atoms with Crippen LogP contribution in [0.1, 0.15) is 380 Å². The van der Waals surface area contributed by atoms with E-state index < -0.39 is 124 Å². The Balaban J connectivity index is 1.28. The molecule has 108 heavy (non-hydrogen) atoms. The van der Waals surface area contributed by atoms with E-state index in [1.54, 1.807) is 0 Å². The first-order valence-electron chi connectivity index (χ1n) is 44.9. The molecule has 19 heteroatoms. The molecule has 0 aliphatic carbocycles. The van der Waals surface area contributed by atoms with Crippen LogP contribution < -0.4 is 5.32 Å². The molecule has 0 aromatic carbocycles. The summed E-state index contributed by atoms with van der Waals surface area (Å²) in [6.45, 7) is 1.75. The molecule has 3 aliphatic rings. The van der Waals surface area contributed by atoms with Crippen LogP contribution in [0, 0.1) is 0 Å². The van der Waals surface area contributed by atoms with Crippen molar-refractivity contribution in [2.24, 2.45) is 0 Å². The number of ether oxygens (including phenoxy) is 6. The van der Waals surface area contributed by atoms with Crippen LogP contribution in [0.4, 0.5) is 0 Å². The molecule has 0 aromatic heterocycles. The average Bonchev–Trinajstić information content (AvgIpc) is 0.787. The quantitative estimate of drug-likeness (QED) is 0.0199. The molecule has 3 saturated heterocycles. The lowest BCUT2D eigenvalue weighted by Gasteiger charge is -2.48. The van der Waals surface area contributed by atoms with Gasteiger partial charge in [-0.1, -0.05) is 371 Å². The normalized spacial score (nSPS) is 25.6. The molecule has 3 heterocycles. The van der Waals surface area contributed by atoms with Crippen LogP contribution in [-0.2, 0) is 33.2 Å². The topological polar surface area (TPSA) is 307 Å². The molecule has 0 saturated carbocycles. The van der Waals surface area contributed by atoms with Gasteiger partial charge in [-0.15, -0.1) is 0 Å². The van der Waals surface area contributed by atoms with Crippen molar-refractivity contribution in [2.45, 2.75) is 484 Å². The van der Waals surface area contributed by atoms with Gasteiger partial charge in [0.15, 0.2) is 18.9 Å². The highest BCUT2D eigenvalue weighted by Gasteiger charge is 2.54. The minimum atomic E-state index is -1.97. The first kappa shape index (κ1) is 99.9. The smallest absolute Gasteiger partial charge is 0.220 e. The second-order valence-electron chi connectivity index (χ2n) is 32.0. The van der Waals surface area contributed by atoms with Crippen LogP contribution >= 0.6 is 0 Å². The molecular formula is C89H165NO18. The Bertz CT molecular complexity index is 2130. The second-order valence-corrected chi connectivity index (χ2v) is 32.0. The number of unbranched alkanes of at least 4 members (excludes halogenated alkanes) is 49. The van der Waals surface area contributed by atoms with Gasteiger partial charge in [-0.25, -0.2) is 0 Å². The Kier molecular flexibility index (Phi) is 63.9. The standard InChI is InChI=1S/C89H165NO18/c1-3-5-7-9-11-13-15-17-19-21-23-25-27-28-29-30-31-32-33-34-35-36-37-38-39-40-41-42-43-44-45-47-49-51-53-55-57-59-61-63-65-67-77(95)90-72(73(94)66-64-62-60-58-56-54-52-50-48-46-26-24-22-20-18-16-14-12-10-8-6-4-2)71-103-87-83(101)80(98)85(75(69-92)105-87)108-89-84(102)81(99)86(76(70-93)106-89)107-88-82(100)79(97)78(96)74(68-91)104-88/h5,7,11,13,17,19,23,25,72-76,78-89,91-94,96-102H,3-4,6,8-10,12,14-16,18,20-22,24,26-71H2,1-2H3,(H,90,95)/b7-5-,13-11-,19-17-,25-23-. The van der Waals surface area contributed by atoms with Crippen molar-refractivity contribution in [2.75, 3.05) is 26.4 Å². The van der Waals surface area contributed by atoms with Gasteiger partial charge in [0.1, 0.15) is 73.2 Å². The third-order valence-electron chi connectivity index (χ3n) is 22.4. The van der Waals surface area contributed by atoms with Crippen molar-refractivity contribution in [1.82, 2.24) is 5.32 Å². The third kappa shape index (κ3) is 47.6. The van der Waals surface area contributed by atoms with Gasteiger partial charge in [0.2, 0.25) is 5.91 Å². The number of allylic oxidation sites excluding steroid dienone is 8. The van der Waals surface area contributed by atoms with Gasteiger partial charge >= 0.3 is 0 Å². The minimum Gasteiger partial charge on any atom is -0.394 e. The van der Waals surface area contributed by atoms with E-state index in [1.807, 2.05) is 0 Å². The average molecular weight is 1540 g/mol. The molecule has 17 atom stereocenters. The Morgan fingerprint density at radius 2 is 0.639 bits per heavy atom. The van der Waals surface area contributed by atoms with Crippen LogP contribution in [0.5, 0.6) is 0 Å². The molecule has 3 aliphatic heterocycles. The summed E-state index contributed by atoms with van der Waals surface area (Å²) in [4.78, 5) is 13.5. The summed E-state index contributed by atoms with van der Waals surface area (Å²) in [6, 6.07) is -0.887. The summed E-state index contributed by atoms with van der Waals surface area (Å²) in [5.41, 5.74) is 0. The van der Waals surface area contributed by atoms with Gasteiger partial charge in [0, 0.05) is 6.42 Å². The van der Waals surface area contributed by atoms with Crippen LogP contribution in [0.2, 0.25) is 0 Å². The maximum absolute atomic E-state index is 13.5. The summed E-state index contributed by atoms with van der Waals surface area (Å²) in [5, 5.41) is 121. The second kappa shape index (κ2) is 69.1. The van der Waals surface area contributed by atoms with Gasteiger partial charge in [-0.05, 0) is 51.4 Å². The molecule has 3 fully saturated rings. The third-order valence-corrected chi connectivity index (χ3v) is 22.4. The predicted molar refractivity (Wildman–Crippen MR) is 434 cm³/mol. The number of aliphatic hydroxyl groups excluding tert-OH is 11. The molecule has 0 radical (unpaired) electrons. The molecule has 0 bridgehead atoms.